The van der Waals surface area contributed by atoms with Gasteiger partial charge in [0.25, 0.3) is 0 Å². The van der Waals surface area contributed by atoms with Crippen LogP contribution in [0.5, 0.6) is 11.5 Å². The summed E-state index contributed by atoms with van der Waals surface area (Å²) in [5.74, 6) is 2.06. The van der Waals surface area contributed by atoms with Gasteiger partial charge in [0.05, 0.1) is 0 Å². The Morgan fingerprint density at radius 3 is 1.95 bits per heavy atom. The van der Waals surface area contributed by atoms with E-state index in [1.807, 2.05) is 24.4 Å². The van der Waals surface area contributed by atoms with E-state index in [1.54, 1.807) is 0 Å². The maximum Gasteiger partial charge on any atom is 0.135 e. The third-order valence-electron chi connectivity index (χ3n) is 12.1. The maximum absolute atomic E-state index is 6.68. The summed E-state index contributed by atoms with van der Waals surface area (Å²) in [6.45, 7) is 20.1. The van der Waals surface area contributed by atoms with Crippen LogP contribution in [-0.4, -0.2) is 9.55 Å². The molecule has 3 heterocycles. The standard InChI is InChI=1S/C56H49N4O.Pt/c1-36-27-39-29-52-53(30-40(39)28-37(36)2)59(50-31-41(55(3,4)5)21-23-46(50)38-15-10-9-11-16-38)35-58(52)43-17-14-18-44(33-43)61-45-22-24-48-47-19-12-13-20-49(47)60(51(48)34-45)54-32-42(25-26-57-54)56(6,7)8;/h9-32,35H,1-8H3;/q-3;. The first-order valence-corrected chi connectivity index (χ1v) is 21.1. The van der Waals surface area contributed by atoms with E-state index in [4.69, 9.17) is 9.72 Å². The molecule has 0 N–H and O–H groups in total. The predicted octanol–water partition coefficient (Wildman–Crippen LogP) is 15.0. The molecule has 5 nitrogen and oxygen atoms in total. The number of benzene rings is 7. The molecule has 0 bridgehead atoms. The van der Waals surface area contributed by atoms with E-state index in [9.17, 15) is 0 Å². The average Bonchev–Trinajstić information content (AvgIpc) is 3.78. The number of nitrogens with zero attached hydrogens (tertiary/aromatic N) is 4. The number of para-hydroxylation sites is 1. The smallest absolute Gasteiger partial charge is 0.135 e. The molecule has 9 aromatic rings. The van der Waals surface area contributed by atoms with E-state index in [0.29, 0.717) is 11.5 Å². The van der Waals surface area contributed by atoms with Crippen LogP contribution < -0.4 is 14.5 Å². The molecule has 0 amide bonds. The second-order valence-electron chi connectivity index (χ2n) is 18.4. The van der Waals surface area contributed by atoms with Crippen molar-refractivity contribution in [3.8, 4) is 28.4 Å². The van der Waals surface area contributed by atoms with Crippen LogP contribution in [0.15, 0.2) is 146 Å². The molecule has 62 heavy (non-hydrogen) atoms. The van der Waals surface area contributed by atoms with Crippen molar-refractivity contribution in [1.82, 2.24) is 9.55 Å². The molecule has 0 radical (unpaired) electrons. The second kappa shape index (κ2) is 15.6. The zero-order chi connectivity index (χ0) is 42.2. The van der Waals surface area contributed by atoms with Crippen molar-refractivity contribution in [3.05, 3.63) is 187 Å². The summed E-state index contributed by atoms with van der Waals surface area (Å²) in [5.41, 5.74) is 13.5. The predicted molar refractivity (Wildman–Crippen MR) is 254 cm³/mol. The molecule has 0 saturated heterocycles. The Hall–Kier alpha value is -6.16. The fraction of sp³-hybridized carbons (Fsp3) is 0.179. The number of hydrogen-bond donors (Lipinski definition) is 0. The number of fused-ring (bicyclic) bond motifs is 5. The number of aryl methyl sites for hydroxylation is 2. The number of ether oxygens (including phenoxy) is 1. The van der Waals surface area contributed by atoms with Crippen molar-refractivity contribution in [3.63, 3.8) is 0 Å². The van der Waals surface area contributed by atoms with E-state index in [2.05, 4.69) is 210 Å². The van der Waals surface area contributed by atoms with Crippen LogP contribution in [0.3, 0.4) is 0 Å². The van der Waals surface area contributed by atoms with Gasteiger partial charge in [-0.3, -0.25) is 0 Å². The molecule has 0 atom stereocenters. The summed E-state index contributed by atoms with van der Waals surface area (Å²) in [5, 5.41) is 4.64. The maximum atomic E-state index is 6.68. The van der Waals surface area contributed by atoms with Crippen LogP contribution in [0.2, 0.25) is 0 Å². The van der Waals surface area contributed by atoms with Crippen LogP contribution in [0.1, 0.15) is 63.8 Å². The van der Waals surface area contributed by atoms with Gasteiger partial charge in [-0.2, -0.15) is 12.1 Å². The number of anilines is 4. The first kappa shape index (κ1) is 41.2. The number of pyridine rings is 1. The molecular formula is C56H49N4OPt-3. The van der Waals surface area contributed by atoms with Crippen molar-refractivity contribution < 1.29 is 25.8 Å². The third kappa shape index (κ3) is 7.37. The Morgan fingerprint density at radius 2 is 1.23 bits per heavy atom. The largest absolute Gasteiger partial charge is 0.509 e. The van der Waals surface area contributed by atoms with Gasteiger partial charge < -0.3 is 19.1 Å². The van der Waals surface area contributed by atoms with E-state index in [-0.39, 0.29) is 31.9 Å². The minimum absolute atomic E-state index is 0. The van der Waals surface area contributed by atoms with Crippen LogP contribution >= 0.6 is 0 Å². The normalized spacial score (nSPS) is 12.9. The number of aromatic nitrogens is 2. The SMILES string of the molecule is Cc1cc2cc3c(cc2cc1C)N(c1cc(C(C)(C)C)ccc1-c1ccccc1)[CH-]N3c1[c-]c(Oc2[c-]c3c(cc2)c2ccccc2n3-c2cc(C(C)(C)C)ccn2)ccc1.[Pt]. The molecule has 7 aromatic carbocycles. The van der Waals surface area contributed by atoms with Gasteiger partial charge in [-0.1, -0.05) is 120 Å². The zero-order valence-corrected chi connectivity index (χ0v) is 38.7. The quantitative estimate of drug-likeness (QED) is 0.155. The second-order valence-corrected chi connectivity index (χ2v) is 18.4. The van der Waals surface area contributed by atoms with Crippen LogP contribution in [0.25, 0.3) is 49.5 Å². The monoisotopic (exact) mass is 988 g/mol. The first-order chi connectivity index (χ1) is 29.3. The molecule has 0 saturated carbocycles. The number of hydrogen-bond acceptors (Lipinski definition) is 4. The van der Waals surface area contributed by atoms with Crippen molar-refractivity contribution in [2.45, 2.75) is 66.2 Å². The zero-order valence-electron chi connectivity index (χ0n) is 36.4. The molecule has 2 aromatic heterocycles. The Morgan fingerprint density at radius 1 is 0.565 bits per heavy atom. The van der Waals surface area contributed by atoms with Gasteiger partial charge in [-0.25, -0.2) is 4.98 Å². The average molecular weight is 989 g/mol. The van der Waals surface area contributed by atoms with Gasteiger partial charge in [0.15, 0.2) is 0 Å². The topological polar surface area (TPSA) is 33.5 Å². The summed E-state index contributed by atoms with van der Waals surface area (Å²) in [6, 6.07) is 57.1. The molecule has 1 aliphatic rings. The Kier molecular flexibility index (Phi) is 10.4. The van der Waals surface area contributed by atoms with Crippen LogP contribution in [0, 0.1) is 32.6 Å². The van der Waals surface area contributed by atoms with Crippen LogP contribution in [-0.2, 0) is 31.9 Å². The van der Waals surface area contributed by atoms with Gasteiger partial charge in [0.2, 0.25) is 0 Å². The molecule has 0 spiro atoms. The van der Waals surface area contributed by atoms with E-state index >= 15 is 0 Å². The molecule has 0 aliphatic carbocycles. The summed E-state index contributed by atoms with van der Waals surface area (Å²) in [7, 11) is 0. The minimum atomic E-state index is -0.0367. The molecular weight excluding hydrogens is 940 g/mol. The van der Waals surface area contributed by atoms with E-state index < -0.39 is 0 Å². The fourth-order valence-corrected chi connectivity index (χ4v) is 8.56. The fourth-order valence-electron chi connectivity index (χ4n) is 8.56. The molecule has 6 heteroatoms. The summed E-state index contributed by atoms with van der Waals surface area (Å²) in [6.07, 6.45) is 1.90. The Bertz CT molecular complexity index is 3150. The van der Waals surface area contributed by atoms with Gasteiger partial charge in [0.1, 0.15) is 5.82 Å². The van der Waals surface area contributed by atoms with Crippen molar-refractivity contribution >= 4 is 55.3 Å². The summed E-state index contributed by atoms with van der Waals surface area (Å²) < 4.78 is 8.88. The first-order valence-electron chi connectivity index (χ1n) is 21.1. The van der Waals surface area contributed by atoms with Gasteiger partial charge >= 0.3 is 0 Å². The van der Waals surface area contributed by atoms with E-state index in [1.165, 1.54) is 44.2 Å². The molecule has 0 fully saturated rings. The Balaban J connectivity index is 0.00000490. The summed E-state index contributed by atoms with van der Waals surface area (Å²) in [4.78, 5) is 9.46. The van der Waals surface area contributed by atoms with Gasteiger partial charge in [-0.15, -0.1) is 48.1 Å². The Labute approximate surface area is 379 Å². The van der Waals surface area contributed by atoms with Crippen LogP contribution in [0.4, 0.5) is 22.7 Å². The molecule has 1 aliphatic heterocycles. The minimum Gasteiger partial charge on any atom is -0.509 e. The third-order valence-corrected chi connectivity index (χ3v) is 12.1. The van der Waals surface area contributed by atoms with E-state index in [0.717, 1.165) is 50.4 Å². The molecule has 10 rings (SSSR count). The van der Waals surface area contributed by atoms with Crippen molar-refractivity contribution in [2.24, 2.45) is 0 Å². The van der Waals surface area contributed by atoms with Crippen molar-refractivity contribution in [2.75, 3.05) is 9.80 Å². The van der Waals surface area contributed by atoms with Gasteiger partial charge in [-0.05, 0) is 105 Å². The summed E-state index contributed by atoms with van der Waals surface area (Å²) >= 11 is 0. The van der Waals surface area contributed by atoms with Crippen molar-refractivity contribution in [1.29, 1.82) is 0 Å². The number of rotatable bonds is 6. The molecule has 0 unspecified atom stereocenters. The molecule has 312 valence electrons. The van der Waals surface area contributed by atoms with Gasteiger partial charge in [0, 0.05) is 66.9 Å².